The third-order valence-electron chi connectivity index (χ3n) is 1.24. The molecule has 0 spiro atoms. The van der Waals surface area contributed by atoms with Crippen LogP contribution in [0.3, 0.4) is 0 Å². The molecule has 9 heavy (non-hydrogen) atoms. The van der Waals surface area contributed by atoms with E-state index in [2.05, 4.69) is 10.2 Å². The highest BCUT2D eigenvalue weighted by Gasteiger charge is 2.33. The molecule has 0 aliphatic carbocycles. The molecule has 0 saturated carbocycles. The topological polar surface area (TPSA) is 41.8 Å². The van der Waals surface area contributed by atoms with Gasteiger partial charge in [0.05, 0.1) is 0 Å². The molecule has 0 aromatic rings. The van der Waals surface area contributed by atoms with Crippen LogP contribution in [0.15, 0.2) is 10.2 Å². The molecule has 4 heteroatoms. The Morgan fingerprint density at radius 1 is 1.67 bits per heavy atom. The smallest absolute Gasteiger partial charge is 0.221 e. The standard InChI is InChI=1S/C5H7ClN2O/c1-5(7-8-5)3-2-4(6)9/h2-3H2,1H3. The van der Waals surface area contributed by atoms with Crippen LogP contribution < -0.4 is 0 Å². The van der Waals surface area contributed by atoms with Gasteiger partial charge in [0.1, 0.15) is 0 Å². The first-order valence-electron chi connectivity index (χ1n) is 2.75. The van der Waals surface area contributed by atoms with E-state index in [0.717, 1.165) is 0 Å². The Kier molecular flexibility index (Phi) is 1.53. The van der Waals surface area contributed by atoms with Crippen molar-refractivity contribution in [1.29, 1.82) is 0 Å². The SMILES string of the molecule is CC1(CCC(=O)Cl)N=N1. The average molecular weight is 147 g/mol. The zero-order valence-corrected chi connectivity index (χ0v) is 5.85. The number of hydrogen-bond acceptors (Lipinski definition) is 3. The summed E-state index contributed by atoms with van der Waals surface area (Å²) in [5.41, 5.74) is -0.273. The van der Waals surface area contributed by atoms with E-state index in [1.807, 2.05) is 6.92 Å². The van der Waals surface area contributed by atoms with E-state index in [4.69, 9.17) is 11.6 Å². The molecule has 1 aliphatic rings. The van der Waals surface area contributed by atoms with Crippen LogP contribution in [0.1, 0.15) is 19.8 Å². The highest BCUT2D eigenvalue weighted by molar-refractivity contribution is 6.63. The molecule has 0 aromatic carbocycles. The summed E-state index contributed by atoms with van der Waals surface area (Å²) in [4.78, 5) is 10.2. The molecule has 0 radical (unpaired) electrons. The fourth-order valence-corrected chi connectivity index (χ4v) is 0.615. The van der Waals surface area contributed by atoms with E-state index in [-0.39, 0.29) is 10.9 Å². The molecule has 0 fully saturated rings. The van der Waals surface area contributed by atoms with Crippen molar-refractivity contribution in [3.8, 4) is 0 Å². The van der Waals surface area contributed by atoms with Crippen LogP contribution in [0, 0.1) is 0 Å². The summed E-state index contributed by atoms with van der Waals surface area (Å²) in [7, 11) is 0. The first kappa shape index (κ1) is 6.68. The second-order valence-electron chi connectivity index (χ2n) is 2.27. The second kappa shape index (κ2) is 2.06. The van der Waals surface area contributed by atoms with Crippen LogP contribution in [-0.2, 0) is 4.79 Å². The minimum Gasteiger partial charge on any atom is -0.281 e. The van der Waals surface area contributed by atoms with Crippen molar-refractivity contribution in [1.82, 2.24) is 0 Å². The highest BCUT2D eigenvalue weighted by atomic mass is 35.5. The number of nitrogens with zero attached hydrogens (tertiary/aromatic N) is 2. The minimum atomic E-state index is -0.312. The maximum absolute atomic E-state index is 10.2. The van der Waals surface area contributed by atoms with E-state index in [1.165, 1.54) is 0 Å². The fraction of sp³-hybridized carbons (Fsp3) is 0.800. The van der Waals surface area contributed by atoms with Gasteiger partial charge in [0.25, 0.3) is 0 Å². The summed E-state index contributed by atoms with van der Waals surface area (Å²) in [5.74, 6) is 0. The van der Waals surface area contributed by atoms with Crippen molar-refractivity contribution < 1.29 is 4.79 Å². The Morgan fingerprint density at radius 3 is 2.56 bits per heavy atom. The number of rotatable bonds is 3. The lowest BCUT2D eigenvalue weighted by Crippen LogP contribution is -2.04. The van der Waals surface area contributed by atoms with Crippen LogP contribution in [0.5, 0.6) is 0 Å². The Bertz CT molecular complexity index is 160. The molecule has 0 atom stereocenters. The van der Waals surface area contributed by atoms with Crippen molar-refractivity contribution in [3.63, 3.8) is 0 Å². The predicted molar refractivity (Wildman–Crippen MR) is 33.4 cm³/mol. The molecule has 0 aromatic heterocycles. The van der Waals surface area contributed by atoms with Crippen molar-refractivity contribution in [2.24, 2.45) is 10.2 Å². The number of carbonyl (C=O) groups excluding carboxylic acids is 1. The van der Waals surface area contributed by atoms with Gasteiger partial charge >= 0.3 is 0 Å². The minimum absolute atomic E-state index is 0.273. The van der Waals surface area contributed by atoms with Gasteiger partial charge in [0.2, 0.25) is 5.24 Å². The zero-order valence-electron chi connectivity index (χ0n) is 5.09. The summed E-state index contributed by atoms with van der Waals surface area (Å²) in [6, 6.07) is 0. The monoisotopic (exact) mass is 146 g/mol. The normalized spacial score (nSPS) is 19.8. The molecule has 0 saturated heterocycles. The van der Waals surface area contributed by atoms with Gasteiger partial charge in [-0.3, -0.25) is 4.79 Å². The first-order chi connectivity index (χ1) is 4.12. The van der Waals surface area contributed by atoms with Gasteiger partial charge in [0, 0.05) is 12.8 Å². The lowest BCUT2D eigenvalue weighted by molar-refractivity contribution is -0.111. The van der Waals surface area contributed by atoms with E-state index < -0.39 is 0 Å². The highest BCUT2D eigenvalue weighted by Crippen LogP contribution is 2.31. The van der Waals surface area contributed by atoms with E-state index in [0.29, 0.717) is 12.8 Å². The Morgan fingerprint density at radius 2 is 2.22 bits per heavy atom. The van der Waals surface area contributed by atoms with Gasteiger partial charge in [-0.25, -0.2) is 0 Å². The van der Waals surface area contributed by atoms with Gasteiger partial charge in [-0.2, -0.15) is 10.2 Å². The van der Waals surface area contributed by atoms with Crippen LogP contribution in [0.4, 0.5) is 0 Å². The largest absolute Gasteiger partial charge is 0.281 e. The van der Waals surface area contributed by atoms with Gasteiger partial charge in [-0.05, 0) is 18.5 Å². The summed E-state index contributed by atoms with van der Waals surface area (Å²) in [5, 5.41) is 7.13. The van der Waals surface area contributed by atoms with Crippen molar-refractivity contribution in [3.05, 3.63) is 0 Å². The lowest BCUT2D eigenvalue weighted by Gasteiger charge is -1.97. The van der Waals surface area contributed by atoms with Gasteiger partial charge < -0.3 is 0 Å². The second-order valence-corrected chi connectivity index (χ2v) is 2.69. The summed E-state index contributed by atoms with van der Waals surface area (Å²) >= 11 is 5.09. The summed E-state index contributed by atoms with van der Waals surface area (Å²) in [6.45, 7) is 1.87. The maximum Gasteiger partial charge on any atom is 0.221 e. The molecule has 3 nitrogen and oxygen atoms in total. The van der Waals surface area contributed by atoms with E-state index in [1.54, 1.807) is 0 Å². The predicted octanol–water partition coefficient (Wildman–Crippen LogP) is 1.71. The van der Waals surface area contributed by atoms with Crippen molar-refractivity contribution in [2.75, 3.05) is 0 Å². The summed E-state index contributed by atoms with van der Waals surface area (Å²) in [6.07, 6.45) is 1.01. The van der Waals surface area contributed by atoms with Gasteiger partial charge in [0.15, 0.2) is 5.66 Å². The molecule has 0 bridgehead atoms. The number of carbonyl (C=O) groups is 1. The van der Waals surface area contributed by atoms with Crippen LogP contribution >= 0.6 is 11.6 Å². The zero-order chi connectivity index (χ0) is 6.91. The molecule has 1 heterocycles. The van der Waals surface area contributed by atoms with Crippen LogP contribution in [0.25, 0.3) is 0 Å². The van der Waals surface area contributed by atoms with Gasteiger partial charge in [-0.15, -0.1) is 0 Å². The third kappa shape index (κ3) is 2.10. The molecule has 0 N–H and O–H groups in total. The van der Waals surface area contributed by atoms with E-state index >= 15 is 0 Å². The molecular weight excluding hydrogens is 140 g/mol. The molecule has 0 amide bonds. The molecule has 1 aliphatic heterocycles. The molecular formula is C5H7ClN2O. The van der Waals surface area contributed by atoms with Crippen LogP contribution in [-0.4, -0.2) is 10.9 Å². The Hall–Kier alpha value is -0.440. The molecule has 1 rings (SSSR count). The Labute approximate surface area is 58.1 Å². The summed E-state index contributed by atoms with van der Waals surface area (Å²) < 4.78 is 0. The molecule has 0 unspecified atom stereocenters. The quantitative estimate of drug-likeness (QED) is 0.559. The third-order valence-corrected chi connectivity index (χ3v) is 1.43. The lowest BCUT2D eigenvalue weighted by atomic mass is 10.1. The van der Waals surface area contributed by atoms with Crippen LogP contribution in [0.2, 0.25) is 0 Å². The molecule has 50 valence electrons. The number of halogens is 1. The maximum atomic E-state index is 10.2. The Balaban J connectivity index is 2.13. The van der Waals surface area contributed by atoms with E-state index in [9.17, 15) is 4.79 Å². The first-order valence-corrected chi connectivity index (χ1v) is 3.13. The number of hydrogen-bond donors (Lipinski definition) is 0. The average Bonchev–Trinajstić information content (AvgIpc) is 2.45. The van der Waals surface area contributed by atoms with Crippen molar-refractivity contribution in [2.45, 2.75) is 25.4 Å². The van der Waals surface area contributed by atoms with Crippen molar-refractivity contribution >= 4 is 16.8 Å². The fourth-order valence-electron chi connectivity index (χ4n) is 0.520. The van der Waals surface area contributed by atoms with Gasteiger partial charge in [-0.1, -0.05) is 0 Å².